The number of benzene rings is 1. The van der Waals surface area contributed by atoms with Crippen LogP contribution in [0.25, 0.3) is 16.7 Å². The van der Waals surface area contributed by atoms with Crippen molar-refractivity contribution in [3.63, 3.8) is 0 Å². The maximum Gasteiger partial charge on any atom is 0.145 e. The van der Waals surface area contributed by atoms with Crippen molar-refractivity contribution in [2.75, 3.05) is 26.3 Å². The first kappa shape index (κ1) is 16.8. The number of ether oxygens (including phenoxy) is 1. The molecule has 2 aromatic heterocycles. The Kier molecular flexibility index (Phi) is 4.70. The van der Waals surface area contributed by atoms with Crippen molar-refractivity contribution in [1.29, 1.82) is 5.26 Å². The summed E-state index contributed by atoms with van der Waals surface area (Å²) in [6.07, 6.45) is 4.63. The minimum atomic E-state index is 0.656. The van der Waals surface area contributed by atoms with Crippen LogP contribution in [-0.4, -0.2) is 40.8 Å². The first-order valence-electron chi connectivity index (χ1n) is 9.08. The molecule has 132 valence electrons. The predicted molar refractivity (Wildman–Crippen MR) is 101 cm³/mol. The van der Waals surface area contributed by atoms with E-state index in [4.69, 9.17) is 4.74 Å². The van der Waals surface area contributed by atoms with Gasteiger partial charge in [-0.15, -0.1) is 0 Å². The van der Waals surface area contributed by atoms with E-state index in [0.29, 0.717) is 5.56 Å². The number of hydrogen-bond donors (Lipinski definition) is 0. The van der Waals surface area contributed by atoms with Crippen LogP contribution in [0.15, 0.2) is 42.7 Å². The van der Waals surface area contributed by atoms with Crippen LogP contribution in [0.5, 0.6) is 0 Å². The maximum absolute atomic E-state index is 9.42. The minimum absolute atomic E-state index is 0.656. The Labute approximate surface area is 153 Å². The van der Waals surface area contributed by atoms with Gasteiger partial charge in [-0.3, -0.25) is 9.47 Å². The average Bonchev–Trinajstić information content (AvgIpc) is 3.08. The Hall–Kier alpha value is -2.68. The Morgan fingerprint density at radius 1 is 1.19 bits per heavy atom. The Balaban J connectivity index is 1.71. The third kappa shape index (κ3) is 3.10. The summed E-state index contributed by atoms with van der Waals surface area (Å²) in [6.45, 7) is 6.76. The van der Waals surface area contributed by atoms with E-state index >= 15 is 0 Å². The van der Waals surface area contributed by atoms with E-state index in [-0.39, 0.29) is 0 Å². The summed E-state index contributed by atoms with van der Waals surface area (Å²) >= 11 is 0. The minimum Gasteiger partial charge on any atom is -0.379 e. The van der Waals surface area contributed by atoms with Crippen molar-refractivity contribution >= 4 is 11.0 Å². The van der Waals surface area contributed by atoms with Gasteiger partial charge in [-0.25, -0.2) is 4.98 Å². The number of hydrogen-bond acceptors (Lipinski definition) is 4. The molecule has 3 aromatic rings. The molecule has 0 aliphatic carbocycles. The zero-order chi connectivity index (χ0) is 17.9. The molecule has 0 amide bonds. The van der Waals surface area contributed by atoms with E-state index < -0.39 is 0 Å². The van der Waals surface area contributed by atoms with Gasteiger partial charge in [-0.1, -0.05) is 13.0 Å². The van der Waals surface area contributed by atoms with Crippen LogP contribution in [0.2, 0.25) is 0 Å². The molecule has 0 saturated carbocycles. The van der Waals surface area contributed by atoms with Crippen LogP contribution in [0, 0.1) is 11.3 Å². The van der Waals surface area contributed by atoms with Crippen molar-refractivity contribution in [3.8, 4) is 11.8 Å². The van der Waals surface area contributed by atoms with Crippen LogP contribution < -0.4 is 0 Å². The molecule has 4 rings (SSSR count). The molecule has 1 aliphatic rings. The highest BCUT2D eigenvalue weighted by molar-refractivity contribution is 5.84. The molecule has 1 aliphatic heterocycles. The molecule has 1 saturated heterocycles. The van der Waals surface area contributed by atoms with E-state index in [0.717, 1.165) is 56.0 Å². The van der Waals surface area contributed by atoms with Crippen molar-refractivity contribution in [3.05, 3.63) is 59.4 Å². The first-order valence-corrected chi connectivity index (χ1v) is 9.08. The average molecular weight is 346 g/mol. The fourth-order valence-electron chi connectivity index (χ4n) is 3.59. The smallest absolute Gasteiger partial charge is 0.145 e. The summed E-state index contributed by atoms with van der Waals surface area (Å²) in [6, 6.07) is 12.7. The van der Waals surface area contributed by atoms with Crippen LogP contribution in [0.3, 0.4) is 0 Å². The second kappa shape index (κ2) is 7.28. The summed E-state index contributed by atoms with van der Waals surface area (Å²) in [4.78, 5) is 6.93. The number of fused-ring (bicyclic) bond motifs is 1. The molecule has 0 unspecified atom stereocenters. The van der Waals surface area contributed by atoms with Gasteiger partial charge in [0.1, 0.15) is 11.7 Å². The number of aryl methyl sites for hydroxylation is 1. The monoisotopic (exact) mass is 346 g/mol. The topological polar surface area (TPSA) is 54.1 Å². The van der Waals surface area contributed by atoms with Gasteiger partial charge >= 0.3 is 0 Å². The van der Waals surface area contributed by atoms with E-state index in [1.165, 1.54) is 11.1 Å². The summed E-state index contributed by atoms with van der Waals surface area (Å²) in [5, 5.41) is 10.3. The van der Waals surface area contributed by atoms with Gasteiger partial charge < -0.3 is 4.74 Å². The third-order valence-electron chi connectivity index (χ3n) is 5.03. The molecule has 0 N–H and O–H groups in total. The molecule has 26 heavy (non-hydrogen) atoms. The Morgan fingerprint density at radius 3 is 2.81 bits per heavy atom. The lowest BCUT2D eigenvalue weighted by Gasteiger charge is -2.27. The number of nitriles is 1. The largest absolute Gasteiger partial charge is 0.379 e. The second-order valence-electron chi connectivity index (χ2n) is 6.59. The highest BCUT2D eigenvalue weighted by atomic mass is 16.5. The lowest BCUT2D eigenvalue weighted by Crippen LogP contribution is -2.35. The van der Waals surface area contributed by atoms with Gasteiger partial charge in [-0.05, 0) is 41.8 Å². The summed E-state index contributed by atoms with van der Waals surface area (Å²) in [5.74, 6) is 0. The van der Waals surface area contributed by atoms with Crippen molar-refractivity contribution in [2.24, 2.45) is 0 Å². The molecule has 0 radical (unpaired) electrons. The van der Waals surface area contributed by atoms with E-state index in [2.05, 4.69) is 41.1 Å². The zero-order valence-corrected chi connectivity index (χ0v) is 15.0. The number of nitrogens with zero attached hydrogens (tertiary/aromatic N) is 4. The molecule has 5 nitrogen and oxygen atoms in total. The normalized spacial score (nSPS) is 15.2. The Morgan fingerprint density at radius 2 is 2.04 bits per heavy atom. The standard InChI is InChI=1S/C21H22N4O/c1-2-16-12-19(6-5-17(16)14-24-8-10-26-11-9-24)25-15-18(13-22)20-4-3-7-23-21(20)25/h3-7,12,15H,2,8-11,14H2,1H3. The molecule has 0 atom stereocenters. The summed E-state index contributed by atoms with van der Waals surface area (Å²) in [7, 11) is 0. The lowest BCUT2D eigenvalue weighted by atomic mass is 10.0. The van der Waals surface area contributed by atoms with Crippen LogP contribution >= 0.6 is 0 Å². The van der Waals surface area contributed by atoms with Crippen LogP contribution in [0.1, 0.15) is 23.6 Å². The molecule has 1 fully saturated rings. The molecule has 0 spiro atoms. The highest BCUT2D eigenvalue weighted by Gasteiger charge is 2.15. The van der Waals surface area contributed by atoms with Gasteiger partial charge in [0.05, 0.1) is 18.8 Å². The highest BCUT2D eigenvalue weighted by Crippen LogP contribution is 2.25. The van der Waals surface area contributed by atoms with Crippen molar-refractivity contribution < 1.29 is 4.74 Å². The molecular weight excluding hydrogens is 324 g/mol. The molecule has 5 heteroatoms. The molecule has 3 heterocycles. The fraction of sp³-hybridized carbons (Fsp3) is 0.333. The fourth-order valence-corrected chi connectivity index (χ4v) is 3.59. The summed E-state index contributed by atoms with van der Waals surface area (Å²) in [5.41, 5.74) is 5.24. The van der Waals surface area contributed by atoms with E-state index in [1.807, 2.05) is 22.9 Å². The van der Waals surface area contributed by atoms with Gasteiger partial charge in [0.2, 0.25) is 0 Å². The molecule has 0 bridgehead atoms. The molecule has 1 aromatic carbocycles. The SMILES string of the molecule is CCc1cc(-n2cc(C#N)c3cccnc32)ccc1CN1CCOCC1. The quantitative estimate of drug-likeness (QED) is 0.727. The Bertz CT molecular complexity index is 964. The van der Waals surface area contributed by atoms with Crippen molar-refractivity contribution in [2.45, 2.75) is 19.9 Å². The first-order chi connectivity index (χ1) is 12.8. The lowest BCUT2D eigenvalue weighted by molar-refractivity contribution is 0.0341. The third-order valence-corrected chi connectivity index (χ3v) is 5.03. The van der Waals surface area contributed by atoms with E-state index in [9.17, 15) is 5.26 Å². The number of pyridine rings is 1. The van der Waals surface area contributed by atoms with Gasteiger partial charge in [0.15, 0.2) is 0 Å². The number of morpholine rings is 1. The predicted octanol–water partition coefficient (Wildman–Crippen LogP) is 3.29. The zero-order valence-electron chi connectivity index (χ0n) is 15.0. The molecular formula is C21H22N4O. The maximum atomic E-state index is 9.42. The summed E-state index contributed by atoms with van der Waals surface area (Å²) < 4.78 is 7.47. The van der Waals surface area contributed by atoms with Gasteiger partial charge in [0, 0.05) is 43.1 Å². The second-order valence-corrected chi connectivity index (χ2v) is 6.59. The van der Waals surface area contributed by atoms with Crippen molar-refractivity contribution in [1.82, 2.24) is 14.5 Å². The number of rotatable bonds is 4. The number of aromatic nitrogens is 2. The van der Waals surface area contributed by atoms with Crippen LogP contribution in [-0.2, 0) is 17.7 Å². The van der Waals surface area contributed by atoms with Gasteiger partial charge in [0.25, 0.3) is 0 Å². The van der Waals surface area contributed by atoms with Crippen LogP contribution in [0.4, 0.5) is 0 Å². The van der Waals surface area contributed by atoms with Gasteiger partial charge in [-0.2, -0.15) is 5.26 Å². The van der Waals surface area contributed by atoms with E-state index in [1.54, 1.807) is 6.20 Å².